The van der Waals surface area contributed by atoms with Crippen molar-refractivity contribution in [3.8, 4) is 0 Å². The van der Waals surface area contributed by atoms with Crippen molar-refractivity contribution in [1.29, 1.82) is 0 Å². The minimum Gasteiger partial charge on any atom is -0.464 e. The number of nitrogens with zero attached hydrogens (tertiary/aromatic N) is 2. The van der Waals surface area contributed by atoms with Crippen LogP contribution in [0.5, 0.6) is 0 Å². The Labute approximate surface area is 113 Å². The number of aliphatic hydroxyl groups is 1. The van der Waals surface area contributed by atoms with Gasteiger partial charge in [-0.15, -0.1) is 0 Å². The third-order valence-electron chi connectivity index (χ3n) is 3.45. The van der Waals surface area contributed by atoms with E-state index in [4.69, 9.17) is 0 Å². The highest BCUT2D eigenvalue weighted by Crippen LogP contribution is 2.17. The van der Waals surface area contributed by atoms with Crippen molar-refractivity contribution in [3.63, 3.8) is 0 Å². The molecule has 1 aliphatic heterocycles. The topological polar surface area (TPSA) is 62.7 Å². The zero-order valence-corrected chi connectivity index (χ0v) is 11.2. The second-order valence-corrected chi connectivity index (χ2v) is 4.93. The van der Waals surface area contributed by atoms with Gasteiger partial charge in [0.25, 0.3) is 0 Å². The van der Waals surface area contributed by atoms with Crippen LogP contribution in [0.15, 0.2) is 18.2 Å². The maximum atomic E-state index is 11.4. The van der Waals surface area contributed by atoms with E-state index in [1.807, 2.05) is 12.1 Å². The van der Waals surface area contributed by atoms with E-state index in [9.17, 15) is 9.90 Å². The minimum atomic E-state index is -0.409. The third kappa shape index (κ3) is 3.75. The molecule has 1 N–H and O–H groups in total. The quantitative estimate of drug-likeness (QED) is 0.824. The number of hydrogen-bond acceptors (Lipinski definition) is 5. The van der Waals surface area contributed by atoms with Gasteiger partial charge >= 0.3 is 5.97 Å². The first-order valence-electron chi connectivity index (χ1n) is 6.60. The van der Waals surface area contributed by atoms with Crippen molar-refractivity contribution in [2.24, 2.45) is 5.92 Å². The normalized spacial score (nSPS) is 20.2. The maximum absolute atomic E-state index is 11.4. The molecule has 0 aromatic carbocycles. The standard InChI is InChI=1S/C14H20N2O3/c1-19-14(18)13-6-2-5-12(15-13)9-16-7-3-4-11(8-16)10-17/h2,5-6,11,17H,3-4,7-10H2,1H3. The fourth-order valence-corrected chi connectivity index (χ4v) is 2.46. The third-order valence-corrected chi connectivity index (χ3v) is 3.45. The average molecular weight is 264 g/mol. The zero-order valence-electron chi connectivity index (χ0n) is 11.2. The number of rotatable bonds is 4. The molecular weight excluding hydrogens is 244 g/mol. The number of carbonyl (C=O) groups excluding carboxylic acids is 1. The highest BCUT2D eigenvalue weighted by Gasteiger charge is 2.19. The van der Waals surface area contributed by atoms with Gasteiger partial charge in [0.15, 0.2) is 0 Å². The summed E-state index contributed by atoms with van der Waals surface area (Å²) in [5.41, 5.74) is 1.21. The lowest BCUT2D eigenvalue weighted by molar-refractivity contribution is 0.0593. The van der Waals surface area contributed by atoms with Crippen LogP contribution in [0.1, 0.15) is 29.0 Å². The Hall–Kier alpha value is -1.46. The summed E-state index contributed by atoms with van der Waals surface area (Å²) in [6.07, 6.45) is 2.19. The Balaban J connectivity index is 2.00. The van der Waals surface area contributed by atoms with Gasteiger partial charge in [0.1, 0.15) is 5.69 Å². The molecule has 2 rings (SSSR count). The molecule has 1 unspecified atom stereocenters. The molecule has 0 radical (unpaired) electrons. The van der Waals surface area contributed by atoms with Crippen molar-refractivity contribution in [1.82, 2.24) is 9.88 Å². The maximum Gasteiger partial charge on any atom is 0.356 e. The fourth-order valence-electron chi connectivity index (χ4n) is 2.46. The molecule has 1 atom stereocenters. The Bertz CT molecular complexity index is 436. The smallest absolute Gasteiger partial charge is 0.356 e. The molecule has 1 aliphatic rings. The van der Waals surface area contributed by atoms with E-state index in [-0.39, 0.29) is 6.61 Å². The monoisotopic (exact) mass is 264 g/mol. The van der Waals surface area contributed by atoms with Gasteiger partial charge in [0.2, 0.25) is 0 Å². The summed E-state index contributed by atoms with van der Waals surface area (Å²) in [7, 11) is 1.35. The molecule has 0 bridgehead atoms. The zero-order chi connectivity index (χ0) is 13.7. The summed E-state index contributed by atoms with van der Waals surface area (Å²) in [5, 5.41) is 9.22. The second-order valence-electron chi connectivity index (χ2n) is 4.93. The highest BCUT2D eigenvalue weighted by molar-refractivity contribution is 5.87. The van der Waals surface area contributed by atoms with E-state index in [2.05, 4.69) is 14.6 Å². The predicted molar refractivity (Wildman–Crippen MR) is 70.7 cm³/mol. The molecule has 19 heavy (non-hydrogen) atoms. The largest absolute Gasteiger partial charge is 0.464 e. The van der Waals surface area contributed by atoms with E-state index < -0.39 is 5.97 Å². The second kappa shape index (κ2) is 6.63. The number of carbonyl (C=O) groups is 1. The number of likely N-dealkylation sites (tertiary alicyclic amines) is 1. The van der Waals surface area contributed by atoms with Crippen molar-refractivity contribution in [2.45, 2.75) is 19.4 Å². The summed E-state index contributed by atoms with van der Waals surface area (Å²) in [5.74, 6) is -0.0498. The van der Waals surface area contributed by atoms with Crippen LogP contribution in [-0.4, -0.2) is 47.8 Å². The molecule has 1 aromatic rings. The summed E-state index contributed by atoms with van der Waals surface area (Å²) in [6.45, 7) is 2.86. The van der Waals surface area contributed by atoms with Gasteiger partial charge in [-0.05, 0) is 37.4 Å². The van der Waals surface area contributed by atoms with Crippen LogP contribution in [0.4, 0.5) is 0 Å². The molecule has 0 amide bonds. The van der Waals surface area contributed by atoms with Crippen LogP contribution in [0.3, 0.4) is 0 Å². The van der Waals surface area contributed by atoms with Gasteiger partial charge in [-0.1, -0.05) is 6.07 Å². The van der Waals surface area contributed by atoms with Gasteiger partial charge in [-0.2, -0.15) is 0 Å². The van der Waals surface area contributed by atoms with Gasteiger partial charge in [-0.25, -0.2) is 9.78 Å². The first-order valence-corrected chi connectivity index (χ1v) is 6.60. The Morgan fingerprint density at radius 1 is 1.58 bits per heavy atom. The van der Waals surface area contributed by atoms with Crippen LogP contribution in [0.2, 0.25) is 0 Å². The van der Waals surface area contributed by atoms with E-state index in [0.29, 0.717) is 18.2 Å². The van der Waals surface area contributed by atoms with Crippen molar-refractivity contribution >= 4 is 5.97 Å². The van der Waals surface area contributed by atoms with Gasteiger partial charge in [0, 0.05) is 19.7 Å². The predicted octanol–water partition coefficient (Wildman–Crippen LogP) is 1.07. The summed E-state index contributed by atoms with van der Waals surface area (Å²) in [4.78, 5) is 18.0. The van der Waals surface area contributed by atoms with Crippen molar-refractivity contribution < 1.29 is 14.6 Å². The molecule has 5 heteroatoms. The SMILES string of the molecule is COC(=O)c1cccc(CN2CCCC(CO)C2)n1. The number of hydrogen-bond donors (Lipinski definition) is 1. The van der Waals surface area contributed by atoms with Crippen LogP contribution in [0, 0.1) is 5.92 Å². The molecule has 5 nitrogen and oxygen atoms in total. The van der Waals surface area contributed by atoms with Crippen molar-refractivity contribution in [3.05, 3.63) is 29.6 Å². The van der Waals surface area contributed by atoms with E-state index in [0.717, 1.165) is 31.6 Å². The number of aromatic nitrogens is 1. The lowest BCUT2D eigenvalue weighted by Crippen LogP contribution is -2.36. The van der Waals surface area contributed by atoms with Gasteiger partial charge < -0.3 is 9.84 Å². The molecule has 1 aromatic heterocycles. The van der Waals surface area contributed by atoms with Crippen LogP contribution in [-0.2, 0) is 11.3 Å². The first kappa shape index (κ1) is 14.0. The average Bonchev–Trinajstić information content (AvgIpc) is 2.47. The van der Waals surface area contributed by atoms with Gasteiger partial charge in [0.05, 0.1) is 12.8 Å². The van der Waals surface area contributed by atoms with Crippen molar-refractivity contribution in [2.75, 3.05) is 26.8 Å². The first-order chi connectivity index (χ1) is 9.22. The molecule has 1 fully saturated rings. The Morgan fingerprint density at radius 2 is 2.42 bits per heavy atom. The molecular formula is C14H20N2O3. The number of esters is 1. The molecule has 0 aliphatic carbocycles. The van der Waals surface area contributed by atoms with Crippen LogP contribution < -0.4 is 0 Å². The highest BCUT2D eigenvalue weighted by atomic mass is 16.5. The van der Waals surface area contributed by atoms with Crippen LogP contribution >= 0.6 is 0 Å². The summed E-state index contributed by atoms with van der Waals surface area (Å²) < 4.78 is 4.67. The lowest BCUT2D eigenvalue weighted by Gasteiger charge is -2.31. The molecule has 2 heterocycles. The van der Waals surface area contributed by atoms with E-state index >= 15 is 0 Å². The Kier molecular flexibility index (Phi) is 4.87. The fraction of sp³-hybridized carbons (Fsp3) is 0.571. The minimum absolute atomic E-state index is 0.242. The number of piperidine rings is 1. The molecule has 1 saturated heterocycles. The summed E-state index contributed by atoms with van der Waals surface area (Å²) in [6, 6.07) is 5.39. The number of aliphatic hydroxyl groups excluding tert-OH is 1. The van der Waals surface area contributed by atoms with Crippen LogP contribution in [0.25, 0.3) is 0 Å². The van der Waals surface area contributed by atoms with E-state index in [1.54, 1.807) is 6.07 Å². The Morgan fingerprint density at radius 3 is 3.16 bits per heavy atom. The molecule has 0 saturated carbocycles. The number of methoxy groups -OCH3 is 1. The number of pyridine rings is 1. The van der Waals surface area contributed by atoms with Gasteiger partial charge in [-0.3, -0.25) is 4.90 Å². The summed E-state index contributed by atoms with van der Waals surface area (Å²) >= 11 is 0. The lowest BCUT2D eigenvalue weighted by atomic mass is 9.99. The number of ether oxygens (including phenoxy) is 1. The molecule has 104 valence electrons. The molecule has 0 spiro atoms. The van der Waals surface area contributed by atoms with E-state index in [1.165, 1.54) is 7.11 Å².